The molecule has 18 heavy (non-hydrogen) atoms. The number of carboxylic acids is 1. The summed E-state index contributed by atoms with van der Waals surface area (Å²) < 4.78 is 4.94. The maximum atomic E-state index is 11.3. The monoisotopic (exact) mass is 255 g/mol. The maximum absolute atomic E-state index is 11.3. The van der Waals surface area contributed by atoms with Crippen molar-refractivity contribution in [2.24, 2.45) is 0 Å². The van der Waals surface area contributed by atoms with Crippen LogP contribution in [-0.2, 0) is 9.53 Å². The van der Waals surface area contributed by atoms with Crippen LogP contribution < -0.4 is 5.32 Å². The van der Waals surface area contributed by atoms with Gasteiger partial charge >= 0.3 is 12.1 Å². The van der Waals surface area contributed by atoms with Gasteiger partial charge in [0.25, 0.3) is 0 Å². The molecule has 0 fully saturated rings. The van der Waals surface area contributed by atoms with E-state index >= 15 is 0 Å². The molecule has 100 valence electrons. The fourth-order valence-electron chi connectivity index (χ4n) is 0.913. The van der Waals surface area contributed by atoms with Crippen molar-refractivity contribution >= 4 is 12.1 Å². The van der Waals surface area contributed by atoms with E-state index in [0.717, 1.165) is 6.08 Å². The lowest BCUT2D eigenvalue weighted by molar-refractivity contribution is -0.132. The van der Waals surface area contributed by atoms with Crippen LogP contribution in [0.15, 0.2) is 36.3 Å². The largest absolute Gasteiger partial charge is 0.508 e. The highest BCUT2D eigenvalue weighted by molar-refractivity contribution is 5.91. The van der Waals surface area contributed by atoms with Gasteiger partial charge in [0.05, 0.1) is 0 Å². The fraction of sp³-hybridized carbons (Fsp3) is 0.333. The number of aliphatic carboxylic acids is 1. The number of allylic oxidation sites excluding steroid dienone is 1. The average molecular weight is 255 g/mol. The molecule has 0 heterocycles. The van der Waals surface area contributed by atoms with E-state index in [9.17, 15) is 9.59 Å². The minimum atomic E-state index is -1.38. The van der Waals surface area contributed by atoms with Crippen molar-refractivity contribution in [2.75, 3.05) is 0 Å². The number of amides is 1. The first-order valence-corrected chi connectivity index (χ1v) is 5.05. The molecule has 0 bridgehead atoms. The van der Waals surface area contributed by atoms with E-state index < -0.39 is 29.0 Å². The number of nitrogens with one attached hydrogen (secondary N) is 1. The second-order valence-corrected chi connectivity index (χ2v) is 4.46. The van der Waals surface area contributed by atoms with Crippen molar-refractivity contribution in [3.8, 4) is 0 Å². The Labute approximate surface area is 105 Å². The second kappa shape index (κ2) is 5.90. The van der Waals surface area contributed by atoms with Crippen molar-refractivity contribution in [3.05, 3.63) is 36.3 Å². The van der Waals surface area contributed by atoms with Gasteiger partial charge in [0, 0.05) is 5.70 Å². The molecule has 0 spiro atoms. The van der Waals surface area contributed by atoms with Crippen molar-refractivity contribution in [1.29, 1.82) is 0 Å². The Bertz CT molecular complexity index is 399. The summed E-state index contributed by atoms with van der Waals surface area (Å²) in [4.78, 5) is 22.1. The van der Waals surface area contributed by atoms with Gasteiger partial charge in [0.1, 0.15) is 16.9 Å². The van der Waals surface area contributed by atoms with E-state index in [0.29, 0.717) is 0 Å². The van der Waals surface area contributed by atoms with E-state index in [1.165, 1.54) is 0 Å². The summed E-state index contributed by atoms with van der Waals surface area (Å²) in [7, 11) is 0. The van der Waals surface area contributed by atoms with E-state index in [1.807, 2.05) is 0 Å². The minimum Gasteiger partial charge on any atom is -0.508 e. The molecule has 0 aliphatic carbocycles. The molecular formula is C12H17NO5. The van der Waals surface area contributed by atoms with Gasteiger partial charge in [0.15, 0.2) is 0 Å². The third-order valence-corrected chi connectivity index (χ3v) is 1.52. The molecule has 0 aromatic rings. The molecule has 0 rings (SSSR count). The molecule has 6 nitrogen and oxygen atoms in total. The molecule has 0 saturated heterocycles. The number of ether oxygens (including phenoxy) is 1. The Kier molecular flexibility index (Phi) is 5.17. The molecule has 0 radical (unpaired) electrons. The van der Waals surface area contributed by atoms with E-state index in [1.54, 1.807) is 20.8 Å². The van der Waals surface area contributed by atoms with E-state index in [-0.39, 0.29) is 5.70 Å². The van der Waals surface area contributed by atoms with Crippen LogP contribution in [0.2, 0.25) is 0 Å². The van der Waals surface area contributed by atoms with Crippen molar-refractivity contribution in [3.63, 3.8) is 0 Å². The lowest BCUT2D eigenvalue weighted by atomic mass is 10.2. The number of aliphatic hydroxyl groups is 1. The number of carbonyl (C=O) groups is 2. The Morgan fingerprint density at radius 3 is 2.06 bits per heavy atom. The summed E-state index contributed by atoms with van der Waals surface area (Å²) in [6, 6.07) is 0. The normalized spacial score (nSPS) is 11.6. The molecule has 6 heteroatoms. The molecule has 0 aromatic carbocycles. The van der Waals surface area contributed by atoms with Crippen LogP contribution in [0.25, 0.3) is 0 Å². The molecule has 0 aliphatic heterocycles. The first-order chi connectivity index (χ1) is 8.03. The summed E-state index contributed by atoms with van der Waals surface area (Å²) in [5, 5.41) is 20.0. The number of alkyl carbamates (subject to hydrolysis) is 1. The van der Waals surface area contributed by atoms with Gasteiger partial charge in [-0.2, -0.15) is 0 Å². The average Bonchev–Trinajstić information content (AvgIpc) is 2.09. The lowest BCUT2D eigenvalue weighted by Gasteiger charge is -2.19. The summed E-state index contributed by atoms with van der Waals surface area (Å²) in [5.41, 5.74) is -1.17. The Morgan fingerprint density at radius 1 is 1.22 bits per heavy atom. The van der Waals surface area contributed by atoms with Gasteiger partial charge < -0.3 is 14.9 Å². The number of aliphatic hydroxyl groups excluding tert-OH is 1. The van der Waals surface area contributed by atoms with Crippen LogP contribution in [-0.4, -0.2) is 27.9 Å². The van der Waals surface area contributed by atoms with Crippen LogP contribution in [0.4, 0.5) is 4.79 Å². The maximum Gasteiger partial charge on any atom is 0.412 e. The first-order valence-electron chi connectivity index (χ1n) is 5.05. The van der Waals surface area contributed by atoms with Gasteiger partial charge in [-0.25, -0.2) is 9.59 Å². The Balaban J connectivity index is 4.69. The molecule has 0 unspecified atom stereocenters. The first kappa shape index (κ1) is 15.8. The summed E-state index contributed by atoms with van der Waals surface area (Å²) >= 11 is 0. The van der Waals surface area contributed by atoms with Crippen LogP contribution in [0.5, 0.6) is 0 Å². The van der Waals surface area contributed by atoms with Gasteiger partial charge in [0.2, 0.25) is 0 Å². The Morgan fingerprint density at radius 2 is 1.72 bits per heavy atom. The predicted molar refractivity (Wildman–Crippen MR) is 66.0 cm³/mol. The quantitative estimate of drug-likeness (QED) is 0.406. The molecule has 3 N–H and O–H groups in total. The van der Waals surface area contributed by atoms with E-state index in [4.69, 9.17) is 14.9 Å². The van der Waals surface area contributed by atoms with Gasteiger partial charge in [-0.15, -0.1) is 0 Å². The van der Waals surface area contributed by atoms with Crippen LogP contribution in [0.1, 0.15) is 20.8 Å². The van der Waals surface area contributed by atoms with Crippen molar-refractivity contribution in [1.82, 2.24) is 5.32 Å². The Hall–Kier alpha value is -2.24. The summed E-state index contributed by atoms with van der Waals surface area (Å²) in [6.45, 7) is 11.6. The second-order valence-electron chi connectivity index (χ2n) is 4.46. The standard InChI is InChI=1S/C12H17NO5/c1-7(6-9(8(2)14)10(15)16)13-11(17)18-12(3,4)5/h6,14H,1-2H2,3-5H3,(H,13,17)(H,15,16)/b9-6+. The number of carboxylic acid groups (broad SMARTS) is 1. The molecule has 0 saturated carbocycles. The number of rotatable bonds is 4. The van der Waals surface area contributed by atoms with Crippen LogP contribution in [0, 0.1) is 0 Å². The highest BCUT2D eigenvalue weighted by Gasteiger charge is 2.17. The van der Waals surface area contributed by atoms with Crippen molar-refractivity contribution < 1.29 is 24.5 Å². The highest BCUT2D eigenvalue weighted by Crippen LogP contribution is 2.09. The van der Waals surface area contributed by atoms with Gasteiger partial charge in [-0.05, 0) is 26.8 Å². The molecule has 0 aromatic heterocycles. The van der Waals surface area contributed by atoms with Gasteiger partial charge in [-0.1, -0.05) is 13.2 Å². The number of carbonyl (C=O) groups excluding carboxylic acids is 1. The lowest BCUT2D eigenvalue weighted by Crippen LogP contribution is -2.31. The number of hydrogen-bond donors (Lipinski definition) is 3. The van der Waals surface area contributed by atoms with E-state index in [2.05, 4.69) is 18.5 Å². The zero-order valence-electron chi connectivity index (χ0n) is 10.6. The van der Waals surface area contributed by atoms with Crippen LogP contribution >= 0.6 is 0 Å². The zero-order valence-corrected chi connectivity index (χ0v) is 10.6. The highest BCUT2D eigenvalue weighted by atomic mass is 16.6. The van der Waals surface area contributed by atoms with Gasteiger partial charge in [-0.3, -0.25) is 5.32 Å². The molecule has 0 aliphatic rings. The summed E-state index contributed by atoms with van der Waals surface area (Å²) in [5.74, 6) is -2.01. The molecular weight excluding hydrogens is 238 g/mol. The minimum absolute atomic E-state index is 0.0307. The molecule has 1 amide bonds. The fourth-order valence-corrected chi connectivity index (χ4v) is 0.913. The summed E-state index contributed by atoms with van der Waals surface area (Å²) in [6.07, 6.45) is 0.214. The third kappa shape index (κ3) is 6.37. The van der Waals surface area contributed by atoms with Crippen LogP contribution in [0.3, 0.4) is 0 Å². The number of hydrogen-bond acceptors (Lipinski definition) is 4. The predicted octanol–water partition coefficient (Wildman–Crippen LogP) is 2.11. The smallest absolute Gasteiger partial charge is 0.412 e. The molecule has 0 atom stereocenters. The van der Waals surface area contributed by atoms with Crippen molar-refractivity contribution in [2.45, 2.75) is 26.4 Å². The topological polar surface area (TPSA) is 95.9 Å². The zero-order chi connectivity index (χ0) is 14.5. The third-order valence-electron chi connectivity index (χ3n) is 1.52. The SMILES string of the molecule is C=C(/C=C(\C(=C)O)C(=O)O)NC(=O)OC(C)(C)C.